The normalized spacial score (nSPS) is 23.4. The van der Waals surface area contributed by atoms with Crippen LogP contribution in [0.4, 0.5) is 19.4 Å². The van der Waals surface area contributed by atoms with Crippen molar-refractivity contribution in [3.63, 3.8) is 0 Å². The summed E-state index contributed by atoms with van der Waals surface area (Å²) in [6.07, 6.45) is 7.40. The average Bonchev–Trinajstić information content (AvgIpc) is 3.86. The van der Waals surface area contributed by atoms with Crippen molar-refractivity contribution in [1.82, 2.24) is 30.2 Å². The Morgan fingerprint density at radius 3 is 2.35 bits per heavy atom. The number of aromatic nitrogens is 2. The maximum absolute atomic E-state index is 16.2. The number of piperidine rings is 2. The number of halogens is 3. The number of primary amides is 1. The monoisotopic (exact) mass is 990 g/mol. The standard InChI is InChI=1S/C54H61ClF2N8O6/c1-31-44-42(28-40(56)47(55)46(44)45-38(50(58)67)16-17-41(70-3)48(45)57)71-54(31,35-8-5-4-6-9-35)30-59-36-14-12-34(13-15-36)52(68)64-25-18-32(19-26-64)29-63-23-20-33(21-24-63)37-10-7-11-39-49(37)62(2)61-51(39)65-27-22-43(66)60-53(65)69/h4-11,16-17,28,31-34,36,59H,12-15,18-27,29-30H2,1-3H3,(H2,58,67)(H,60,66,69)/t31-,34?,36?,54-/m0/s1. The zero-order chi connectivity index (χ0) is 49.7. The van der Waals surface area contributed by atoms with E-state index in [0.29, 0.717) is 36.3 Å². The highest BCUT2D eigenvalue weighted by atomic mass is 35.5. The number of benzene rings is 4. The predicted octanol–water partition coefficient (Wildman–Crippen LogP) is 8.38. The summed E-state index contributed by atoms with van der Waals surface area (Å²) in [5.41, 5.74) is 7.85. The molecular formula is C54H61ClF2N8O6. The number of hydrogen-bond donors (Lipinski definition) is 3. The van der Waals surface area contributed by atoms with E-state index in [9.17, 15) is 19.2 Å². The number of imide groups is 1. The number of nitrogens with two attached hydrogens (primary N) is 1. The van der Waals surface area contributed by atoms with Crippen LogP contribution in [-0.2, 0) is 22.2 Å². The first-order valence-electron chi connectivity index (χ1n) is 25.0. The molecule has 5 amide bonds. The number of methoxy groups -OCH3 is 1. The Hall–Kier alpha value is -6.10. The van der Waals surface area contributed by atoms with Gasteiger partial charge < -0.3 is 30.3 Å². The number of carbonyl (C=O) groups excluding carboxylic acids is 4. The molecule has 0 bridgehead atoms. The molecule has 14 nitrogen and oxygen atoms in total. The molecule has 4 N–H and O–H groups in total. The summed E-state index contributed by atoms with van der Waals surface area (Å²) in [6, 6.07) is 19.4. The van der Waals surface area contributed by atoms with Crippen molar-refractivity contribution in [2.24, 2.45) is 24.6 Å². The minimum absolute atomic E-state index is 0.000249. The summed E-state index contributed by atoms with van der Waals surface area (Å²) in [4.78, 5) is 57.4. The molecular weight excluding hydrogens is 930 g/mol. The number of rotatable bonds is 12. The first-order chi connectivity index (χ1) is 34.3. The highest BCUT2D eigenvalue weighted by molar-refractivity contribution is 6.34. The lowest BCUT2D eigenvalue weighted by Crippen LogP contribution is -2.49. The third kappa shape index (κ3) is 9.00. The number of carbonyl (C=O) groups is 4. The summed E-state index contributed by atoms with van der Waals surface area (Å²) in [7, 11) is 3.23. The molecule has 1 aromatic heterocycles. The fourth-order valence-corrected chi connectivity index (χ4v) is 12.5. The zero-order valence-electron chi connectivity index (χ0n) is 40.4. The minimum Gasteiger partial charge on any atom is -0.494 e. The number of aryl methyl sites for hydroxylation is 1. The molecule has 5 heterocycles. The highest BCUT2D eigenvalue weighted by Gasteiger charge is 2.50. The largest absolute Gasteiger partial charge is 0.494 e. The lowest BCUT2D eigenvalue weighted by Gasteiger charge is -2.40. The number of fused-ring (bicyclic) bond motifs is 2. The number of ether oxygens (including phenoxy) is 2. The first kappa shape index (κ1) is 48.5. The molecule has 0 radical (unpaired) electrons. The molecule has 0 spiro atoms. The third-order valence-electron chi connectivity index (χ3n) is 16.1. The van der Waals surface area contributed by atoms with Gasteiger partial charge in [0.25, 0.3) is 0 Å². The van der Waals surface area contributed by atoms with Crippen LogP contribution in [-0.4, -0.2) is 102 Å². The Morgan fingerprint density at radius 2 is 1.66 bits per heavy atom. The van der Waals surface area contributed by atoms with Crippen LogP contribution < -0.4 is 30.7 Å². The van der Waals surface area contributed by atoms with Gasteiger partial charge in [0.05, 0.1) is 23.2 Å². The van der Waals surface area contributed by atoms with Crippen molar-refractivity contribution in [1.29, 1.82) is 0 Å². The van der Waals surface area contributed by atoms with E-state index >= 15 is 8.78 Å². The molecule has 17 heteroatoms. The van der Waals surface area contributed by atoms with Crippen LogP contribution in [0.15, 0.2) is 66.7 Å². The molecule has 2 atom stereocenters. The van der Waals surface area contributed by atoms with Gasteiger partial charge in [0, 0.05) is 92.2 Å². The van der Waals surface area contributed by atoms with Gasteiger partial charge in [-0.1, -0.05) is 61.0 Å². The number of urea groups is 1. The van der Waals surface area contributed by atoms with Gasteiger partial charge in [-0.15, -0.1) is 0 Å². The average molecular weight is 992 g/mol. The van der Waals surface area contributed by atoms with Crippen molar-refractivity contribution < 1.29 is 37.4 Å². The molecule has 5 aliphatic rings. The van der Waals surface area contributed by atoms with Gasteiger partial charge >= 0.3 is 6.03 Å². The predicted molar refractivity (Wildman–Crippen MR) is 267 cm³/mol. The molecule has 3 saturated heterocycles. The Labute approximate surface area is 417 Å². The van der Waals surface area contributed by atoms with Gasteiger partial charge in [-0.3, -0.25) is 29.3 Å². The van der Waals surface area contributed by atoms with E-state index in [0.717, 1.165) is 101 Å². The van der Waals surface area contributed by atoms with Crippen LogP contribution in [0.5, 0.6) is 11.5 Å². The van der Waals surface area contributed by atoms with Crippen molar-refractivity contribution in [3.8, 4) is 22.6 Å². The van der Waals surface area contributed by atoms with Crippen LogP contribution >= 0.6 is 11.6 Å². The molecule has 5 aromatic rings. The molecule has 0 unspecified atom stereocenters. The Balaban J connectivity index is 0.736. The topological polar surface area (TPSA) is 164 Å². The number of nitrogens with zero attached hydrogens (tertiary/aromatic N) is 5. The molecule has 1 saturated carbocycles. The first-order valence-corrected chi connectivity index (χ1v) is 25.4. The zero-order valence-corrected chi connectivity index (χ0v) is 41.2. The second-order valence-corrected chi connectivity index (χ2v) is 20.5. The fourth-order valence-electron chi connectivity index (χ4n) is 12.2. The Morgan fingerprint density at radius 1 is 0.930 bits per heavy atom. The number of amides is 5. The van der Waals surface area contributed by atoms with Gasteiger partial charge in [-0.05, 0) is 106 Å². The summed E-state index contributed by atoms with van der Waals surface area (Å²) in [6.45, 7) is 7.15. The van der Waals surface area contributed by atoms with Gasteiger partial charge in [0.1, 0.15) is 11.6 Å². The van der Waals surface area contributed by atoms with E-state index < -0.39 is 35.1 Å². The second kappa shape index (κ2) is 19.8. The van der Waals surface area contributed by atoms with E-state index in [4.69, 9.17) is 31.9 Å². The highest BCUT2D eigenvalue weighted by Crippen LogP contribution is 2.56. The smallest absolute Gasteiger partial charge is 0.329 e. The van der Waals surface area contributed by atoms with Gasteiger partial charge in [0.2, 0.25) is 17.7 Å². The van der Waals surface area contributed by atoms with E-state index in [-0.39, 0.29) is 63.4 Å². The third-order valence-corrected chi connectivity index (χ3v) is 16.5. The summed E-state index contributed by atoms with van der Waals surface area (Å²) in [5.74, 6) is -1.63. The van der Waals surface area contributed by atoms with Gasteiger partial charge in [-0.2, -0.15) is 5.10 Å². The Bertz CT molecular complexity index is 2880. The summed E-state index contributed by atoms with van der Waals surface area (Å²) < 4.78 is 46.0. The number of anilines is 1. The molecule has 4 aliphatic heterocycles. The van der Waals surface area contributed by atoms with Crippen LogP contribution in [0.25, 0.3) is 22.0 Å². The van der Waals surface area contributed by atoms with E-state index in [1.54, 1.807) is 4.90 Å². The van der Waals surface area contributed by atoms with Crippen molar-refractivity contribution >= 4 is 52.1 Å². The molecule has 71 heavy (non-hydrogen) atoms. The van der Waals surface area contributed by atoms with Crippen molar-refractivity contribution in [2.75, 3.05) is 57.8 Å². The molecule has 1 aliphatic carbocycles. The number of nitrogens with one attached hydrogen (secondary N) is 2. The van der Waals surface area contributed by atoms with E-state index in [1.165, 1.54) is 30.9 Å². The molecule has 374 valence electrons. The minimum atomic E-state index is -1.07. The summed E-state index contributed by atoms with van der Waals surface area (Å²) in [5, 5.41) is 11.5. The van der Waals surface area contributed by atoms with E-state index in [1.807, 2.05) is 61.1 Å². The maximum atomic E-state index is 16.2. The van der Waals surface area contributed by atoms with Crippen LogP contribution in [0.2, 0.25) is 5.02 Å². The second-order valence-electron chi connectivity index (χ2n) is 20.1. The van der Waals surface area contributed by atoms with Gasteiger partial charge in [-0.25, -0.2) is 13.6 Å². The van der Waals surface area contributed by atoms with Crippen LogP contribution in [0, 0.1) is 23.5 Å². The van der Waals surface area contributed by atoms with Crippen molar-refractivity contribution in [3.05, 3.63) is 106 Å². The molecule has 4 aromatic carbocycles. The number of para-hydroxylation sites is 1. The van der Waals surface area contributed by atoms with E-state index in [2.05, 4.69) is 26.5 Å². The Kier molecular flexibility index (Phi) is 13.6. The quantitative estimate of drug-likeness (QED) is 0.111. The molecule has 4 fully saturated rings. The van der Waals surface area contributed by atoms with Gasteiger partial charge in [0.15, 0.2) is 23.0 Å². The van der Waals surface area contributed by atoms with Crippen LogP contribution in [0.1, 0.15) is 104 Å². The lowest BCUT2D eigenvalue weighted by atomic mass is 9.77. The molecule has 10 rings (SSSR count). The maximum Gasteiger partial charge on any atom is 0.329 e. The SMILES string of the molecule is COc1ccc(C(N)=O)c(-c2c(Cl)c(F)cc3c2[C@H](C)[C@@](CNC2CCC(C(=O)N4CCC(CN5CCC(c6cccc7c(N8CCC(=O)NC8=O)nn(C)c67)CC5)CC4)CC2)(c2ccccc2)O3)c1F. The lowest BCUT2D eigenvalue weighted by molar-refractivity contribution is -0.138. The van der Waals surface area contributed by atoms with Crippen molar-refractivity contribution in [2.45, 2.75) is 88.2 Å². The number of hydrogen-bond acceptors (Lipinski definition) is 9. The summed E-state index contributed by atoms with van der Waals surface area (Å²) >= 11 is 6.71. The number of likely N-dealkylation sites (tertiary alicyclic amines) is 2. The van der Waals surface area contributed by atoms with Crippen LogP contribution in [0.3, 0.4) is 0 Å². The fraction of sp³-hybridized carbons (Fsp3) is 0.463.